The monoisotopic (exact) mass is 379 g/mol. The molecule has 6 rings (SSSR count). The Labute approximate surface area is 172 Å². The molecule has 0 amide bonds. The Bertz CT molecular complexity index is 1760. The van der Waals surface area contributed by atoms with E-state index in [9.17, 15) is 0 Å². The molecule has 3 heteroatoms. The summed E-state index contributed by atoms with van der Waals surface area (Å²) in [6.07, 6.45) is 1.82. The van der Waals surface area contributed by atoms with Crippen LogP contribution in [0.4, 0.5) is 11.4 Å². The lowest BCUT2D eigenvalue weighted by Gasteiger charge is -2.16. The molecule has 3 nitrogen and oxygen atoms in total. The van der Waals surface area contributed by atoms with Gasteiger partial charge < -0.3 is 0 Å². The number of pyridine rings is 1. The number of hydrogen-bond acceptors (Lipinski definition) is 1. The highest BCUT2D eigenvalue weighted by Crippen LogP contribution is 2.45. The third kappa shape index (κ3) is 2.04. The fourth-order valence-electron chi connectivity index (χ4n) is 4.67. The van der Waals surface area contributed by atoms with Gasteiger partial charge in [0.05, 0.1) is 18.7 Å². The highest BCUT2D eigenvalue weighted by Gasteiger charge is 2.17. The molecule has 30 heavy (non-hydrogen) atoms. The highest BCUT2D eigenvalue weighted by molar-refractivity contribution is 6.39. The van der Waals surface area contributed by atoms with Crippen molar-refractivity contribution in [1.82, 2.24) is 4.98 Å². The van der Waals surface area contributed by atoms with Crippen LogP contribution in [0.1, 0.15) is 0 Å². The van der Waals surface area contributed by atoms with Crippen molar-refractivity contribution >= 4 is 65.4 Å². The summed E-state index contributed by atoms with van der Waals surface area (Å²) >= 11 is 0. The van der Waals surface area contributed by atoms with E-state index >= 15 is 0 Å². The minimum Gasteiger partial charge on any atom is -0.256 e. The lowest BCUT2D eigenvalue weighted by Crippen LogP contribution is -1.89. The second-order valence-corrected chi connectivity index (χ2v) is 7.35. The van der Waals surface area contributed by atoms with Crippen LogP contribution >= 0.6 is 0 Å². The molecule has 0 aliphatic heterocycles. The zero-order valence-corrected chi connectivity index (χ0v) is 15.8. The highest BCUT2D eigenvalue weighted by atomic mass is 14.7. The molecule has 6 aromatic rings. The van der Waals surface area contributed by atoms with Crippen LogP contribution in [0, 0.1) is 13.1 Å². The number of rotatable bonds is 0. The lowest BCUT2D eigenvalue weighted by molar-refractivity contribution is 1.43. The van der Waals surface area contributed by atoms with Crippen LogP contribution in [0.15, 0.2) is 79.0 Å². The number of hydrogen-bond donors (Lipinski definition) is 0. The minimum absolute atomic E-state index is 0.382. The second kappa shape index (κ2) is 6.01. The van der Waals surface area contributed by atoms with Crippen LogP contribution in [0.25, 0.3) is 63.7 Å². The summed E-state index contributed by atoms with van der Waals surface area (Å²) in [4.78, 5) is 12.0. The van der Waals surface area contributed by atoms with Gasteiger partial charge in [0.15, 0.2) is 11.4 Å². The minimum atomic E-state index is 0.382. The van der Waals surface area contributed by atoms with Crippen LogP contribution in [-0.4, -0.2) is 4.98 Å². The third-order valence-corrected chi connectivity index (χ3v) is 5.89. The topological polar surface area (TPSA) is 21.6 Å². The molecule has 5 aromatic carbocycles. The van der Waals surface area contributed by atoms with E-state index in [4.69, 9.17) is 18.1 Å². The van der Waals surface area contributed by atoms with Gasteiger partial charge in [0.25, 0.3) is 0 Å². The van der Waals surface area contributed by atoms with Gasteiger partial charge >= 0.3 is 0 Å². The van der Waals surface area contributed by atoms with Crippen molar-refractivity contribution in [2.24, 2.45) is 0 Å². The van der Waals surface area contributed by atoms with Gasteiger partial charge in [-0.15, -0.1) is 0 Å². The predicted molar refractivity (Wildman–Crippen MR) is 124 cm³/mol. The van der Waals surface area contributed by atoms with Crippen molar-refractivity contribution in [2.75, 3.05) is 0 Å². The van der Waals surface area contributed by atoms with Gasteiger partial charge in [-0.3, -0.25) is 14.7 Å². The number of fused-ring (bicyclic) bond motifs is 11. The number of benzene rings is 5. The molecule has 0 radical (unpaired) electrons. The van der Waals surface area contributed by atoms with Gasteiger partial charge in [-0.05, 0) is 43.8 Å². The van der Waals surface area contributed by atoms with E-state index in [1.807, 2.05) is 30.5 Å². The van der Waals surface area contributed by atoms with Gasteiger partial charge in [0.1, 0.15) is 0 Å². The maximum Gasteiger partial charge on any atom is 0.195 e. The van der Waals surface area contributed by atoms with Crippen LogP contribution in [0.2, 0.25) is 0 Å². The molecule has 0 fully saturated rings. The molecule has 136 valence electrons. The van der Waals surface area contributed by atoms with Crippen molar-refractivity contribution in [1.29, 1.82) is 0 Å². The van der Waals surface area contributed by atoms with Crippen molar-refractivity contribution < 1.29 is 0 Å². The van der Waals surface area contributed by atoms with Crippen molar-refractivity contribution in [3.63, 3.8) is 0 Å². The summed E-state index contributed by atoms with van der Waals surface area (Å²) in [7, 11) is 0. The van der Waals surface area contributed by atoms with Crippen molar-refractivity contribution in [3.8, 4) is 0 Å². The first kappa shape index (κ1) is 16.5. The largest absolute Gasteiger partial charge is 0.256 e. The zero-order valence-electron chi connectivity index (χ0n) is 15.8. The Balaban J connectivity index is 2.09. The average molecular weight is 379 g/mol. The number of nitrogens with zero attached hydrogens (tertiary/aromatic N) is 3. The lowest BCUT2D eigenvalue weighted by atomic mass is 9.88. The fraction of sp³-hybridized carbons (Fsp3) is 0. The van der Waals surface area contributed by atoms with Gasteiger partial charge in [-0.2, -0.15) is 0 Å². The third-order valence-electron chi connectivity index (χ3n) is 5.89. The molecule has 0 atom stereocenters. The van der Waals surface area contributed by atoms with Gasteiger partial charge in [-0.1, -0.05) is 66.7 Å². The van der Waals surface area contributed by atoms with E-state index in [-0.39, 0.29) is 0 Å². The summed E-state index contributed by atoms with van der Waals surface area (Å²) in [6.45, 7) is 15.1. The molecule has 0 unspecified atom stereocenters. The SMILES string of the molecule is [C-]#[N+]c1cc2c3cccnc3c3c4ccccc4c4ccccc4c3c2cc1[N+]#[C-]. The van der Waals surface area contributed by atoms with Crippen LogP contribution in [-0.2, 0) is 0 Å². The number of aromatic nitrogens is 1. The average Bonchev–Trinajstić information content (AvgIpc) is 2.82. The van der Waals surface area contributed by atoms with Crippen molar-refractivity contribution in [3.05, 3.63) is 102 Å². The van der Waals surface area contributed by atoms with Crippen LogP contribution in [0.3, 0.4) is 0 Å². The summed E-state index contributed by atoms with van der Waals surface area (Å²) in [5, 5.41) is 9.79. The Morgan fingerprint density at radius 2 is 1.07 bits per heavy atom. The molecule has 0 spiro atoms. The summed E-state index contributed by atoms with van der Waals surface area (Å²) < 4.78 is 0. The molecule has 0 N–H and O–H groups in total. The zero-order chi connectivity index (χ0) is 20.2. The Morgan fingerprint density at radius 3 is 1.70 bits per heavy atom. The van der Waals surface area contributed by atoms with E-state index in [0.717, 1.165) is 43.2 Å². The first-order chi connectivity index (χ1) is 14.8. The molecule has 0 saturated carbocycles. The van der Waals surface area contributed by atoms with Gasteiger partial charge in [-0.25, -0.2) is 0 Å². The molecule has 0 bridgehead atoms. The molecule has 1 aromatic heterocycles. The summed E-state index contributed by atoms with van der Waals surface area (Å²) in [6, 6.07) is 24.5. The van der Waals surface area contributed by atoms with Crippen LogP contribution < -0.4 is 0 Å². The van der Waals surface area contributed by atoms with Crippen molar-refractivity contribution in [2.45, 2.75) is 0 Å². The molecular formula is C27H13N3. The van der Waals surface area contributed by atoms with E-state index in [0.29, 0.717) is 11.4 Å². The van der Waals surface area contributed by atoms with Gasteiger partial charge in [0, 0.05) is 17.0 Å². The van der Waals surface area contributed by atoms with Crippen LogP contribution in [0.5, 0.6) is 0 Å². The normalized spacial score (nSPS) is 11.3. The maximum atomic E-state index is 7.60. The first-order valence-electron chi connectivity index (χ1n) is 9.64. The quantitative estimate of drug-likeness (QED) is 0.194. The molecule has 1 heterocycles. The van der Waals surface area contributed by atoms with E-state index < -0.39 is 0 Å². The van der Waals surface area contributed by atoms with E-state index in [2.05, 4.69) is 58.2 Å². The molecular weight excluding hydrogens is 366 g/mol. The predicted octanol–water partition coefficient (Wildman–Crippen LogP) is 7.95. The fourth-order valence-corrected chi connectivity index (χ4v) is 4.67. The smallest absolute Gasteiger partial charge is 0.195 e. The summed E-state index contributed by atoms with van der Waals surface area (Å²) in [5.41, 5.74) is 1.69. The molecule has 0 aliphatic carbocycles. The standard InChI is InChI=1S/C27H13N3/c1-28-23-14-21-20-12-7-13-30-27(20)26-19-11-6-4-9-17(19)16-8-3-5-10-18(16)25(26)22(21)15-24(23)29-2/h3-15H. The molecule has 0 saturated heterocycles. The Kier molecular flexibility index (Phi) is 3.30. The van der Waals surface area contributed by atoms with E-state index in [1.54, 1.807) is 0 Å². The Morgan fingerprint density at radius 1 is 0.533 bits per heavy atom. The Hall–Kier alpha value is -4.47. The maximum absolute atomic E-state index is 7.60. The van der Waals surface area contributed by atoms with Gasteiger partial charge in [0.2, 0.25) is 0 Å². The van der Waals surface area contributed by atoms with E-state index in [1.165, 1.54) is 10.8 Å². The molecule has 0 aliphatic rings. The summed E-state index contributed by atoms with van der Waals surface area (Å²) in [5.74, 6) is 0. The second-order valence-electron chi connectivity index (χ2n) is 7.35. The first-order valence-corrected chi connectivity index (χ1v) is 9.64.